The largest absolute Gasteiger partial charge is 0.322 e. The highest BCUT2D eigenvalue weighted by Gasteiger charge is 2.15. The molecule has 0 unspecified atom stereocenters. The molecule has 6 nitrogen and oxygen atoms in total. The molecule has 0 aliphatic heterocycles. The van der Waals surface area contributed by atoms with E-state index >= 15 is 0 Å². The molecule has 0 saturated heterocycles. The number of nitrogens with one attached hydrogen (secondary N) is 2. The van der Waals surface area contributed by atoms with Gasteiger partial charge in [0.25, 0.3) is 11.8 Å². The van der Waals surface area contributed by atoms with Gasteiger partial charge in [0.1, 0.15) is 5.69 Å². The summed E-state index contributed by atoms with van der Waals surface area (Å²) in [5.41, 5.74) is 3.22. The number of rotatable bonds is 5. The Kier molecular flexibility index (Phi) is 5.22. The molecule has 138 valence electrons. The van der Waals surface area contributed by atoms with Crippen LogP contribution in [0.15, 0.2) is 71.4 Å². The molecule has 0 bridgehead atoms. The van der Waals surface area contributed by atoms with Crippen molar-refractivity contribution in [3.8, 4) is 11.3 Å². The number of amides is 2. The van der Waals surface area contributed by atoms with Crippen LogP contribution >= 0.6 is 22.9 Å². The first-order valence-electron chi connectivity index (χ1n) is 8.33. The van der Waals surface area contributed by atoms with Crippen LogP contribution in [0.25, 0.3) is 11.3 Å². The maximum absolute atomic E-state index is 12.7. The third-order valence-electron chi connectivity index (χ3n) is 3.96. The van der Waals surface area contributed by atoms with Crippen LogP contribution in [0, 0.1) is 0 Å². The van der Waals surface area contributed by atoms with Crippen molar-refractivity contribution >= 4 is 46.1 Å². The zero-order valence-electron chi connectivity index (χ0n) is 14.5. The fourth-order valence-electron chi connectivity index (χ4n) is 2.59. The molecular weight excluding hydrogens is 392 g/mol. The Morgan fingerprint density at radius 1 is 0.857 bits per heavy atom. The lowest BCUT2D eigenvalue weighted by molar-refractivity contribution is 0.102. The predicted molar refractivity (Wildman–Crippen MR) is 112 cm³/mol. The minimum absolute atomic E-state index is 0.239. The summed E-state index contributed by atoms with van der Waals surface area (Å²) >= 11 is 2.63. The number of para-hydroxylation sites is 1. The lowest BCUT2D eigenvalue weighted by Gasteiger charge is -2.11. The molecule has 0 fully saturated rings. The molecule has 0 aliphatic rings. The van der Waals surface area contributed by atoms with Crippen molar-refractivity contribution in [2.75, 3.05) is 10.6 Å². The van der Waals surface area contributed by atoms with Crippen molar-refractivity contribution in [3.63, 3.8) is 0 Å². The summed E-state index contributed by atoms with van der Waals surface area (Å²) in [7, 11) is 0. The topological polar surface area (TPSA) is 84.0 Å². The number of hydrogen-bond donors (Lipinski definition) is 2. The fraction of sp³-hybridized carbons (Fsp3) is 0. The van der Waals surface area contributed by atoms with Gasteiger partial charge in [-0.15, -0.1) is 16.4 Å². The van der Waals surface area contributed by atoms with Gasteiger partial charge in [0.2, 0.25) is 0 Å². The van der Waals surface area contributed by atoms with Crippen molar-refractivity contribution in [3.05, 3.63) is 81.9 Å². The molecule has 0 saturated carbocycles. The summed E-state index contributed by atoms with van der Waals surface area (Å²) in [5.74, 6) is -0.540. The van der Waals surface area contributed by atoms with E-state index in [0.29, 0.717) is 21.8 Å². The minimum atomic E-state index is -0.301. The standard InChI is InChI=1S/C20H14N4O2S2/c25-19(21-14-9-7-13(8-10-14)17-12-28-24-23-17)15-4-1-2-5-16(15)22-20(26)18-6-3-11-27-18/h1-12H,(H,21,25)(H,22,26). The monoisotopic (exact) mass is 406 g/mol. The van der Waals surface area contributed by atoms with Gasteiger partial charge >= 0.3 is 0 Å². The van der Waals surface area contributed by atoms with Gasteiger partial charge in [-0.25, -0.2) is 0 Å². The quantitative estimate of drug-likeness (QED) is 0.500. The van der Waals surface area contributed by atoms with E-state index in [-0.39, 0.29) is 11.8 Å². The molecule has 28 heavy (non-hydrogen) atoms. The van der Waals surface area contributed by atoms with Crippen LogP contribution in [-0.2, 0) is 0 Å². The van der Waals surface area contributed by atoms with Crippen LogP contribution in [0.1, 0.15) is 20.0 Å². The van der Waals surface area contributed by atoms with Crippen LogP contribution in [0.5, 0.6) is 0 Å². The molecule has 8 heteroatoms. The van der Waals surface area contributed by atoms with E-state index in [0.717, 1.165) is 11.3 Å². The Balaban J connectivity index is 1.50. The zero-order chi connectivity index (χ0) is 19.3. The van der Waals surface area contributed by atoms with Crippen molar-refractivity contribution < 1.29 is 9.59 Å². The maximum atomic E-state index is 12.7. The second-order valence-corrected chi connectivity index (χ2v) is 7.36. The SMILES string of the molecule is O=C(Nc1ccccc1C(=O)Nc1ccc(-c2csnn2)cc1)c1cccs1. The molecule has 2 N–H and O–H groups in total. The summed E-state index contributed by atoms with van der Waals surface area (Å²) < 4.78 is 3.85. The molecule has 4 aromatic rings. The Bertz CT molecular complexity index is 1090. The van der Waals surface area contributed by atoms with Crippen LogP contribution in [-0.4, -0.2) is 21.4 Å². The minimum Gasteiger partial charge on any atom is -0.322 e. The summed E-state index contributed by atoms with van der Waals surface area (Å²) in [5, 5.41) is 13.4. The summed E-state index contributed by atoms with van der Waals surface area (Å²) in [6.07, 6.45) is 0. The molecule has 2 aromatic carbocycles. The second-order valence-electron chi connectivity index (χ2n) is 5.80. The normalized spacial score (nSPS) is 10.4. The zero-order valence-corrected chi connectivity index (χ0v) is 16.1. The molecule has 4 rings (SSSR count). The van der Waals surface area contributed by atoms with Crippen molar-refractivity contribution in [2.24, 2.45) is 0 Å². The van der Waals surface area contributed by atoms with E-state index in [1.807, 2.05) is 29.0 Å². The highest BCUT2D eigenvalue weighted by molar-refractivity contribution is 7.12. The lowest BCUT2D eigenvalue weighted by atomic mass is 10.1. The Labute approximate surface area is 169 Å². The number of aromatic nitrogens is 2. The molecule has 2 amide bonds. The number of nitrogens with zero attached hydrogens (tertiary/aromatic N) is 2. The molecule has 0 aliphatic carbocycles. The first-order chi connectivity index (χ1) is 13.7. The van der Waals surface area contributed by atoms with Gasteiger partial charge in [0.15, 0.2) is 0 Å². The van der Waals surface area contributed by atoms with E-state index in [1.165, 1.54) is 22.9 Å². The molecular formula is C20H14N4O2S2. The number of anilines is 2. The maximum Gasteiger partial charge on any atom is 0.265 e. The highest BCUT2D eigenvalue weighted by Crippen LogP contribution is 2.22. The van der Waals surface area contributed by atoms with E-state index in [1.54, 1.807) is 42.5 Å². The first-order valence-corrected chi connectivity index (χ1v) is 10.0. The number of hydrogen-bond acceptors (Lipinski definition) is 6. The number of thiophene rings is 1. The van der Waals surface area contributed by atoms with Gasteiger partial charge in [0, 0.05) is 16.6 Å². The molecule has 2 aromatic heterocycles. The van der Waals surface area contributed by atoms with Gasteiger partial charge in [-0.3, -0.25) is 9.59 Å². The average molecular weight is 406 g/mol. The van der Waals surface area contributed by atoms with Crippen molar-refractivity contribution in [1.82, 2.24) is 9.59 Å². The van der Waals surface area contributed by atoms with Gasteiger partial charge in [0.05, 0.1) is 16.1 Å². The smallest absolute Gasteiger partial charge is 0.265 e. The van der Waals surface area contributed by atoms with Gasteiger partial charge < -0.3 is 10.6 Å². The number of carbonyl (C=O) groups excluding carboxylic acids is 2. The van der Waals surface area contributed by atoms with Crippen molar-refractivity contribution in [1.29, 1.82) is 0 Å². The number of carbonyl (C=O) groups is 2. The Morgan fingerprint density at radius 3 is 2.39 bits per heavy atom. The van der Waals surface area contributed by atoms with Crippen LogP contribution in [0.4, 0.5) is 11.4 Å². The third-order valence-corrected chi connectivity index (χ3v) is 5.34. The van der Waals surface area contributed by atoms with E-state index in [4.69, 9.17) is 0 Å². The third kappa shape index (κ3) is 3.98. The molecule has 0 atom stereocenters. The van der Waals surface area contributed by atoms with Crippen LogP contribution in [0.2, 0.25) is 0 Å². The lowest BCUT2D eigenvalue weighted by Crippen LogP contribution is -2.17. The van der Waals surface area contributed by atoms with E-state index in [2.05, 4.69) is 20.2 Å². The first kappa shape index (κ1) is 18.0. The summed E-state index contributed by atoms with van der Waals surface area (Å²) in [4.78, 5) is 25.6. The van der Waals surface area contributed by atoms with Gasteiger partial charge in [-0.05, 0) is 47.2 Å². The fourth-order valence-corrected chi connectivity index (χ4v) is 3.68. The Hall–Kier alpha value is -3.36. The summed E-state index contributed by atoms with van der Waals surface area (Å²) in [6.45, 7) is 0. The van der Waals surface area contributed by atoms with E-state index in [9.17, 15) is 9.59 Å². The average Bonchev–Trinajstić information content (AvgIpc) is 3.43. The van der Waals surface area contributed by atoms with Crippen molar-refractivity contribution in [2.45, 2.75) is 0 Å². The second kappa shape index (κ2) is 8.12. The highest BCUT2D eigenvalue weighted by atomic mass is 32.1. The number of benzene rings is 2. The Morgan fingerprint density at radius 2 is 1.68 bits per heavy atom. The van der Waals surface area contributed by atoms with Gasteiger partial charge in [-0.1, -0.05) is 34.8 Å². The molecule has 2 heterocycles. The molecule has 0 spiro atoms. The van der Waals surface area contributed by atoms with Gasteiger partial charge in [-0.2, -0.15) is 0 Å². The van der Waals surface area contributed by atoms with E-state index < -0.39 is 0 Å². The summed E-state index contributed by atoms with van der Waals surface area (Å²) in [6, 6.07) is 17.8. The molecule has 0 radical (unpaired) electrons. The predicted octanol–water partition coefficient (Wildman–Crippen LogP) is 4.77. The van der Waals surface area contributed by atoms with Crippen LogP contribution in [0.3, 0.4) is 0 Å². The van der Waals surface area contributed by atoms with Crippen LogP contribution < -0.4 is 10.6 Å².